The minimum atomic E-state index is 0.0687. The smallest absolute Gasteiger partial charge is 0.136 e. The summed E-state index contributed by atoms with van der Waals surface area (Å²) < 4.78 is 14.6. The van der Waals surface area contributed by atoms with E-state index in [1.54, 1.807) is 7.11 Å². The van der Waals surface area contributed by atoms with Crippen LogP contribution in [0.15, 0.2) is 46.9 Å². The number of fused-ring (bicyclic) bond motifs is 3. The summed E-state index contributed by atoms with van der Waals surface area (Å²) in [4.78, 5) is 4.70. The number of nitrogens with zero attached hydrogens (tertiary/aromatic N) is 2. The average molecular weight is 359 g/mol. The molecule has 112 valence electrons. The van der Waals surface area contributed by atoms with Crippen LogP contribution in [0, 0.1) is 0 Å². The SMILES string of the molecule is COc1ccccc1C1COCc2nc3ccc(Br)cc3n21. The molecule has 4 rings (SSSR count). The lowest BCUT2D eigenvalue weighted by molar-refractivity contribution is 0.0672. The van der Waals surface area contributed by atoms with Crippen LogP contribution < -0.4 is 4.74 Å². The van der Waals surface area contributed by atoms with Gasteiger partial charge in [0.15, 0.2) is 0 Å². The summed E-state index contributed by atoms with van der Waals surface area (Å²) in [6.45, 7) is 1.16. The molecular formula is C17H15BrN2O2. The molecule has 0 radical (unpaired) electrons. The van der Waals surface area contributed by atoms with E-state index in [1.807, 2.05) is 30.3 Å². The third kappa shape index (κ3) is 2.12. The lowest BCUT2D eigenvalue weighted by atomic mass is 10.0. The third-order valence-corrected chi connectivity index (χ3v) is 4.53. The number of rotatable bonds is 2. The molecule has 1 aliphatic rings. The van der Waals surface area contributed by atoms with Gasteiger partial charge < -0.3 is 14.0 Å². The van der Waals surface area contributed by atoms with E-state index in [0.29, 0.717) is 13.2 Å². The van der Waals surface area contributed by atoms with Crippen molar-refractivity contribution in [2.45, 2.75) is 12.6 Å². The van der Waals surface area contributed by atoms with E-state index in [4.69, 9.17) is 14.5 Å². The molecule has 3 aromatic rings. The first kappa shape index (κ1) is 13.8. The number of hydrogen-bond acceptors (Lipinski definition) is 3. The minimum absolute atomic E-state index is 0.0687. The fourth-order valence-corrected chi connectivity index (χ4v) is 3.42. The lowest BCUT2D eigenvalue weighted by Crippen LogP contribution is -2.25. The molecular weight excluding hydrogens is 344 g/mol. The number of benzene rings is 2. The van der Waals surface area contributed by atoms with Gasteiger partial charge in [-0.2, -0.15) is 0 Å². The van der Waals surface area contributed by atoms with E-state index < -0.39 is 0 Å². The Bertz CT molecular complexity index is 844. The Labute approximate surface area is 136 Å². The molecule has 1 unspecified atom stereocenters. The molecule has 0 saturated heterocycles. The molecule has 1 atom stereocenters. The number of halogens is 1. The van der Waals surface area contributed by atoms with Gasteiger partial charge in [-0.25, -0.2) is 4.98 Å². The zero-order valence-corrected chi connectivity index (χ0v) is 13.7. The third-order valence-electron chi connectivity index (χ3n) is 4.04. The molecule has 0 amide bonds. The highest BCUT2D eigenvalue weighted by atomic mass is 79.9. The second-order valence-electron chi connectivity index (χ2n) is 5.30. The van der Waals surface area contributed by atoms with Crippen LogP contribution in [-0.2, 0) is 11.3 Å². The molecule has 2 heterocycles. The Hall–Kier alpha value is -1.85. The minimum Gasteiger partial charge on any atom is -0.496 e. The lowest BCUT2D eigenvalue weighted by Gasteiger charge is -2.27. The van der Waals surface area contributed by atoms with Gasteiger partial charge in [-0.15, -0.1) is 0 Å². The maximum absolute atomic E-state index is 5.77. The summed E-state index contributed by atoms with van der Waals surface area (Å²) in [5, 5.41) is 0. The number of ether oxygens (including phenoxy) is 2. The molecule has 0 fully saturated rings. The van der Waals surface area contributed by atoms with Crippen molar-refractivity contribution in [1.82, 2.24) is 9.55 Å². The van der Waals surface area contributed by atoms with Crippen LogP contribution in [0.3, 0.4) is 0 Å². The Kier molecular flexibility index (Phi) is 3.39. The van der Waals surface area contributed by atoms with Crippen molar-refractivity contribution < 1.29 is 9.47 Å². The molecule has 2 aromatic carbocycles. The van der Waals surface area contributed by atoms with Crippen molar-refractivity contribution in [3.8, 4) is 5.75 Å². The van der Waals surface area contributed by atoms with E-state index >= 15 is 0 Å². The van der Waals surface area contributed by atoms with Crippen LogP contribution in [-0.4, -0.2) is 23.3 Å². The predicted molar refractivity (Wildman–Crippen MR) is 88.2 cm³/mol. The summed E-state index contributed by atoms with van der Waals surface area (Å²) in [6, 6.07) is 14.3. The number of aromatic nitrogens is 2. The molecule has 22 heavy (non-hydrogen) atoms. The second-order valence-corrected chi connectivity index (χ2v) is 6.22. The summed E-state index contributed by atoms with van der Waals surface area (Å²) >= 11 is 3.55. The van der Waals surface area contributed by atoms with E-state index in [2.05, 4.69) is 32.6 Å². The fourth-order valence-electron chi connectivity index (χ4n) is 3.07. The monoisotopic (exact) mass is 358 g/mol. The Morgan fingerprint density at radius 1 is 1.27 bits per heavy atom. The zero-order valence-electron chi connectivity index (χ0n) is 12.1. The topological polar surface area (TPSA) is 36.3 Å². The molecule has 1 aliphatic heterocycles. The number of methoxy groups -OCH3 is 1. The van der Waals surface area contributed by atoms with Gasteiger partial charge in [0.05, 0.1) is 30.8 Å². The maximum Gasteiger partial charge on any atom is 0.136 e. The van der Waals surface area contributed by atoms with Crippen molar-refractivity contribution in [1.29, 1.82) is 0 Å². The van der Waals surface area contributed by atoms with E-state index in [-0.39, 0.29) is 6.04 Å². The van der Waals surface area contributed by atoms with Gasteiger partial charge in [-0.1, -0.05) is 34.1 Å². The number of para-hydroxylation sites is 1. The van der Waals surface area contributed by atoms with Crippen LogP contribution in [0.2, 0.25) is 0 Å². The highest BCUT2D eigenvalue weighted by molar-refractivity contribution is 9.10. The van der Waals surface area contributed by atoms with Crippen molar-refractivity contribution in [2.75, 3.05) is 13.7 Å². The van der Waals surface area contributed by atoms with Crippen molar-refractivity contribution in [3.05, 3.63) is 58.3 Å². The largest absolute Gasteiger partial charge is 0.496 e. The standard InChI is InChI=1S/C17H15BrN2O2/c1-21-16-5-3-2-4-12(16)15-9-22-10-17-19-13-7-6-11(18)8-14(13)20(15)17/h2-8,15H,9-10H2,1H3. The van der Waals surface area contributed by atoms with E-state index in [0.717, 1.165) is 32.6 Å². The van der Waals surface area contributed by atoms with Gasteiger partial charge >= 0.3 is 0 Å². The Morgan fingerprint density at radius 3 is 3.00 bits per heavy atom. The molecule has 4 nitrogen and oxygen atoms in total. The van der Waals surface area contributed by atoms with Gasteiger partial charge in [0.2, 0.25) is 0 Å². The van der Waals surface area contributed by atoms with Crippen LogP contribution in [0.5, 0.6) is 5.75 Å². The first-order chi connectivity index (χ1) is 10.8. The second kappa shape index (κ2) is 5.41. The average Bonchev–Trinajstić information content (AvgIpc) is 2.92. The summed E-state index contributed by atoms with van der Waals surface area (Å²) in [5.74, 6) is 1.83. The summed E-state index contributed by atoms with van der Waals surface area (Å²) in [5.41, 5.74) is 3.22. The fraction of sp³-hybridized carbons (Fsp3) is 0.235. The maximum atomic E-state index is 5.77. The first-order valence-corrected chi connectivity index (χ1v) is 7.94. The van der Waals surface area contributed by atoms with Crippen LogP contribution in [0.4, 0.5) is 0 Å². The van der Waals surface area contributed by atoms with Gasteiger partial charge in [0, 0.05) is 10.0 Å². The highest BCUT2D eigenvalue weighted by Gasteiger charge is 2.27. The summed E-state index contributed by atoms with van der Waals surface area (Å²) in [6.07, 6.45) is 0. The van der Waals surface area contributed by atoms with Crippen LogP contribution in [0.1, 0.15) is 17.4 Å². The quantitative estimate of drug-likeness (QED) is 0.696. The highest BCUT2D eigenvalue weighted by Crippen LogP contribution is 2.35. The van der Waals surface area contributed by atoms with Crippen LogP contribution >= 0.6 is 15.9 Å². The molecule has 0 aliphatic carbocycles. The van der Waals surface area contributed by atoms with Crippen LogP contribution in [0.25, 0.3) is 11.0 Å². The zero-order chi connectivity index (χ0) is 15.1. The molecule has 1 aromatic heterocycles. The first-order valence-electron chi connectivity index (χ1n) is 7.15. The van der Waals surface area contributed by atoms with Gasteiger partial charge in [0.1, 0.15) is 18.2 Å². The van der Waals surface area contributed by atoms with E-state index in [9.17, 15) is 0 Å². The Balaban J connectivity index is 1.95. The van der Waals surface area contributed by atoms with Crippen molar-refractivity contribution >= 4 is 27.0 Å². The molecule has 0 bridgehead atoms. The molecule has 0 saturated carbocycles. The molecule has 5 heteroatoms. The number of hydrogen-bond donors (Lipinski definition) is 0. The molecule has 0 N–H and O–H groups in total. The molecule has 0 spiro atoms. The summed E-state index contributed by atoms with van der Waals surface area (Å²) in [7, 11) is 1.70. The Morgan fingerprint density at radius 2 is 2.14 bits per heavy atom. The van der Waals surface area contributed by atoms with Gasteiger partial charge in [-0.05, 0) is 24.3 Å². The normalized spacial score (nSPS) is 17.5. The van der Waals surface area contributed by atoms with Gasteiger partial charge in [-0.3, -0.25) is 0 Å². The van der Waals surface area contributed by atoms with Crippen molar-refractivity contribution in [2.24, 2.45) is 0 Å². The predicted octanol–water partition coefficient (Wildman–Crippen LogP) is 3.93. The van der Waals surface area contributed by atoms with Gasteiger partial charge in [0.25, 0.3) is 0 Å². The van der Waals surface area contributed by atoms with E-state index in [1.165, 1.54) is 0 Å². The number of imidazole rings is 1. The van der Waals surface area contributed by atoms with Crippen molar-refractivity contribution in [3.63, 3.8) is 0 Å².